The molecule has 0 saturated carbocycles. The normalized spacial score (nSPS) is 10.8. The molecule has 0 unspecified atom stereocenters. The maximum absolute atomic E-state index is 12.1. The van der Waals surface area contributed by atoms with Crippen molar-refractivity contribution in [3.8, 4) is 17.3 Å². The highest BCUT2D eigenvalue weighted by molar-refractivity contribution is 5.93. The molecule has 0 aliphatic heterocycles. The molecule has 9 nitrogen and oxygen atoms in total. The molecule has 0 fully saturated rings. The van der Waals surface area contributed by atoms with Gasteiger partial charge in [0.1, 0.15) is 23.8 Å². The van der Waals surface area contributed by atoms with Crippen LogP contribution in [-0.2, 0) is 6.61 Å². The molecule has 3 heterocycles. The number of carbonyl (C=O) groups excluding carboxylic acids is 1. The molecule has 0 atom stereocenters. The van der Waals surface area contributed by atoms with Crippen molar-refractivity contribution in [2.24, 2.45) is 0 Å². The lowest BCUT2D eigenvalue weighted by Crippen LogP contribution is -2.24. The summed E-state index contributed by atoms with van der Waals surface area (Å²) in [5, 5.41) is 23.9. The van der Waals surface area contributed by atoms with E-state index < -0.39 is 0 Å². The van der Waals surface area contributed by atoms with Gasteiger partial charge in [-0.1, -0.05) is 5.16 Å². The van der Waals surface area contributed by atoms with Crippen LogP contribution in [0.15, 0.2) is 35.0 Å². The minimum absolute atomic E-state index is 0.174. The van der Waals surface area contributed by atoms with Crippen molar-refractivity contribution < 1.29 is 19.2 Å². The monoisotopic (exact) mass is 411 g/mol. The molecule has 0 bridgehead atoms. The number of aliphatic hydroxyl groups excluding tert-OH is 1. The van der Waals surface area contributed by atoms with E-state index in [9.17, 15) is 4.79 Å². The summed E-state index contributed by atoms with van der Waals surface area (Å²) in [5.74, 6) is 0.828. The van der Waals surface area contributed by atoms with Gasteiger partial charge in [0.15, 0.2) is 0 Å². The van der Waals surface area contributed by atoms with Crippen LogP contribution in [-0.4, -0.2) is 44.5 Å². The number of rotatable bonds is 10. The Morgan fingerprint density at radius 1 is 1.13 bits per heavy atom. The molecule has 158 valence electrons. The molecular weight excluding hydrogens is 386 g/mol. The van der Waals surface area contributed by atoms with E-state index in [0.717, 1.165) is 30.5 Å². The second-order valence-electron chi connectivity index (χ2n) is 6.84. The van der Waals surface area contributed by atoms with Gasteiger partial charge in [0, 0.05) is 25.4 Å². The SMILES string of the molecule is Cc1ccc(-c2noc(C)c2COc2ccc(C(=O)NCCCCCO)cn2)nn1. The van der Waals surface area contributed by atoms with Crippen molar-refractivity contribution in [1.82, 2.24) is 25.7 Å². The first-order valence-electron chi connectivity index (χ1n) is 9.82. The van der Waals surface area contributed by atoms with Gasteiger partial charge < -0.3 is 19.7 Å². The number of nitrogens with one attached hydrogen (secondary N) is 1. The Hall–Kier alpha value is -3.33. The number of pyridine rings is 1. The highest BCUT2D eigenvalue weighted by Crippen LogP contribution is 2.24. The Bertz CT molecular complexity index is 955. The molecule has 0 saturated heterocycles. The van der Waals surface area contributed by atoms with Crippen LogP contribution in [0.25, 0.3) is 11.4 Å². The number of amides is 1. The summed E-state index contributed by atoms with van der Waals surface area (Å²) in [5.41, 5.74) is 3.23. The van der Waals surface area contributed by atoms with Crippen LogP contribution in [0.3, 0.4) is 0 Å². The lowest BCUT2D eigenvalue weighted by atomic mass is 10.1. The number of hydrogen-bond donors (Lipinski definition) is 2. The van der Waals surface area contributed by atoms with Gasteiger partial charge >= 0.3 is 0 Å². The standard InChI is InChI=1S/C21H25N5O4/c1-14-6-8-18(25-24-14)20-17(15(2)30-26-20)13-29-19-9-7-16(12-23-19)21(28)22-10-4-3-5-11-27/h6-9,12,27H,3-5,10-11,13H2,1-2H3,(H,22,28). The van der Waals surface area contributed by atoms with Crippen LogP contribution in [0.2, 0.25) is 0 Å². The fourth-order valence-electron chi connectivity index (χ4n) is 2.75. The summed E-state index contributed by atoms with van der Waals surface area (Å²) < 4.78 is 11.1. The number of carbonyl (C=O) groups is 1. The molecule has 0 aliphatic carbocycles. The number of aromatic nitrogens is 4. The number of aliphatic hydroxyl groups is 1. The minimum Gasteiger partial charge on any atom is -0.473 e. The Morgan fingerprint density at radius 3 is 2.70 bits per heavy atom. The third-order valence-corrected chi connectivity index (χ3v) is 4.51. The smallest absolute Gasteiger partial charge is 0.252 e. The zero-order chi connectivity index (χ0) is 21.3. The molecule has 3 aromatic rings. The van der Waals surface area contributed by atoms with E-state index in [-0.39, 0.29) is 19.1 Å². The van der Waals surface area contributed by atoms with E-state index in [0.29, 0.717) is 35.1 Å². The van der Waals surface area contributed by atoms with E-state index in [1.165, 1.54) is 6.20 Å². The highest BCUT2D eigenvalue weighted by atomic mass is 16.5. The van der Waals surface area contributed by atoms with Gasteiger partial charge in [-0.2, -0.15) is 5.10 Å². The first kappa shape index (κ1) is 21.4. The summed E-state index contributed by atoms with van der Waals surface area (Å²) >= 11 is 0. The van der Waals surface area contributed by atoms with Gasteiger partial charge in [-0.25, -0.2) is 4.98 Å². The Kier molecular flexibility index (Phi) is 7.45. The van der Waals surface area contributed by atoms with Crippen molar-refractivity contribution in [3.05, 3.63) is 53.0 Å². The number of ether oxygens (including phenoxy) is 1. The quantitative estimate of drug-likeness (QED) is 0.488. The predicted molar refractivity (Wildman–Crippen MR) is 109 cm³/mol. The third kappa shape index (κ3) is 5.60. The third-order valence-electron chi connectivity index (χ3n) is 4.51. The van der Waals surface area contributed by atoms with E-state index >= 15 is 0 Å². The van der Waals surface area contributed by atoms with Crippen molar-refractivity contribution in [2.75, 3.05) is 13.2 Å². The zero-order valence-corrected chi connectivity index (χ0v) is 17.1. The zero-order valence-electron chi connectivity index (χ0n) is 17.1. The van der Waals surface area contributed by atoms with Crippen LogP contribution >= 0.6 is 0 Å². The topological polar surface area (TPSA) is 123 Å². The molecule has 0 radical (unpaired) electrons. The van der Waals surface area contributed by atoms with Crippen molar-refractivity contribution in [3.63, 3.8) is 0 Å². The summed E-state index contributed by atoms with van der Waals surface area (Å²) in [6, 6.07) is 7.00. The van der Waals surface area contributed by atoms with Gasteiger partial charge in [0.2, 0.25) is 5.88 Å². The largest absolute Gasteiger partial charge is 0.473 e. The predicted octanol–water partition coefficient (Wildman–Crippen LogP) is 2.61. The van der Waals surface area contributed by atoms with E-state index in [1.807, 2.05) is 19.1 Å². The van der Waals surface area contributed by atoms with Gasteiger partial charge in [-0.05, 0) is 51.3 Å². The molecular formula is C21H25N5O4. The molecule has 0 aromatic carbocycles. The Balaban J connectivity index is 1.57. The van der Waals surface area contributed by atoms with Gasteiger partial charge in [-0.3, -0.25) is 4.79 Å². The number of hydrogen-bond acceptors (Lipinski definition) is 8. The van der Waals surface area contributed by atoms with E-state index in [2.05, 4.69) is 25.7 Å². The van der Waals surface area contributed by atoms with Crippen molar-refractivity contribution >= 4 is 5.91 Å². The van der Waals surface area contributed by atoms with Crippen LogP contribution in [0, 0.1) is 13.8 Å². The van der Waals surface area contributed by atoms with Crippen LogP contribution in [0.5, 0.6) is 5.88 Å². The first-order chi connectivity index (χ1) is 14.6. The fourth-order valence-corrected chi connectivity index (χ4v) is 2.75. The van der Waals surface area contributed by atoms with Gasteiger partial charge in [0.05, 0.1) is 16.8 Å². The molecule has 1 amide bonds. The van der Waals surface area contributed by atoms with E-state index in [4.69, 9.17) is 14.4 Å². The van der Waals surface area contributed by atoms with Crippen molar-refractivity contribution in [1.29, 1.82) is 0 Å². The Labute approximate surface area is 174 Å². The summed E-state index contributed by atoms with van der Waals surface area (Å²) in [7, 11) is 0. The summed E-state index contributed by atoms with van der Waals surface area (Å²) in [4.78, 5) is 16.3. The lowest BCUT2D eigenvalue weighted by molar-refractivity contribution is 0.0952. The average Bonchev–Trinajstić information content (AvgIpc) is 3.13. The second-order valence-corrected chi connectivity index (χ2v) is 6.84. The molecule has 30 heavy (non-hydrogen) atoms. The highest BCUT2D eigenvalue weighted by Gasteiger charge is 2.17. The summed E-state index contributed by atoms with van der Waals surface area (Å²) in [6.07, 6.45) is 3.92. The molecule has 0 aliphatic rings. The summed E-state index contributed by atoms with van der Waals surface area (Å²) in [6.45, 7) is 4.60. The van der Waals surface area contributed by atoms with Crippen LogP contribution in [0.4, 0.5) is 0 Å². The second kappa shape index (κ2) is 10.4. The van der Waals surface area contributed by atoms with Crippen LogP contribution in [0.1, 0.15) is 46.6 Å². The average molecular weight is 411 g/mol. The minimum atomic E-state index is -0.187. The number of aryl methyl sites for hydroxylation is 2. The maximum Gasteiger partial charge on any atom is 0.252 e. The maximum atomic E-state index is 12.1. The van der Waals surface area contributed by atoms with E-state index in [1.54, 1.807) is 19.1 Å². The fraction of sp³-hybridized carbons (Fsp3) is 0.381. The number of unbranched alkanes of at least 4 members (excludes halogenated alkanes) is 2. The van der Waals surface area contributed by atoms with Crippen LogP contribution < -0.4 is 10.1 Å². The molecule has 2 N–H and O–H groups in total. The number of nitrogens with zero attached hydrogens (tertiary/aromatic N) is 4. The molecule has 9 heteroatoms. The van der Waals surface area contributed by atoms with Crippen molar-refractivity contribution in [2.45, 2.75) is 39.7 Å². The molecule has 3 rings (SSSR count). The molecule has 3 aromatic heterocycles. The molecule has 0 spiro atoms. The Morgan fingerprint density at radius 2 is 2.00 bits per heavy atom. The van der Waals surface area contributed by atoms with Gasteiger partial charge in [-0.15, -0.1) is 5.10 Å². The lowest BCUT2D eigenvalue weighted by Gasteiger charge is -2.07. The van der Waals surface area contributed by atoms with Gasteiger partial charge in [0.25, 0.3) is 5.91 Å². The first-order valence-corrected chi connectivity index (χ1v) is 9.82.